The topological polar surface area (TPSA) is 53.1 Å². The molecule has 0 spiro atoms. The highest BCUT2D eigenvalue weighted by molar-refractivity contribution is 5.79. The summed E-state index contributed by atoms with van der Waals surface area (Å²) in [5, 5.41) is 7.58. The molecular formula is C13H25N3. The number of piperidine rings is 1. The summed E-state index contributed by atoms with van der Waals surface area (Å²) in [5.74, 6) is 1.61. The smallest absolute Gasteiger partial charge is 0.0949 e. The Labute approximate surface area is 98.9 Å². The van der Waals surface area contributed by atoms with Crippen molar-refractivity contribution < 1.29 is 0 Å². The minimum Gasteiger partial charge on any atom is -0.387 e. The molecule has 1 saturated carbocycles. The predicted octanol–water partition coefficient (Wildman–Crippen LogP) is 2.21. The van der Waals surface area contributed by atoms with Gasteiger partial charge < -0.3 is 5.73 Å². The van der Waals surface area contributed by atoms with Gasteiger partial charge >= 0.3 is 0 Å². The van der Waals surface area contributed by atoms with E-state index >= 15 is 0 Å². The lowest BCUT2D eigenvalue weighted by Gasteiger charge is -2.41. The fraction of sp³-hybridized carbons (Fsp3) is 0.923. The second-order valence-electron chi connectivity index (χ2n) is 5.72. The van der Waals surface area contributed by atoms with Crippen LogP contribution in [0.5, 0.6) is 0 Å². The van der Waals surface area contributed by atoms with Gasteiger partial charge in [0, 0.05) is 18.5 Å². The summed E-state index contributed by atoms with van der Waals surface area (Å²) in [6, 6.07) is 0.769. The third kappa shape index (κ3) is 2.76. The van der Waals surface area contributed by atoms with Gasteiger partial charge in [-0.3, -0.25) is 10.3 Å². The van der Waals surface area contributed by atoms with E-state index in [1.165, 1.54) is 38.6 Å². The SMILES string of the molecule is CC1CCCC(N2CCCC(C(=N)N)C2)C1. The van der Waals surface area contributed by atoms with Crippen LogP contribution < -0.4 is 5.73 Å². The van der Waals surface area contributed by atoms with Crippen molar-refractivity contribution in [2.24, 2.45) is 17.6 Å². The van der Waals surface area contributed by atoms with E-state index < -0.39 is 0 Å². The molecule has 0 bridgehead atoms. The summed E-state index contributed by atoms with van der Waals surface area (Å²) < 4.78 is 0. The quantitative estimate of drug-likeness (QED) is 0.557. The van der Waals surface area contributed by atoms with Gasteiger partial charge in [0.25, 0.3) is 0 Å². The number of nitrogens with zero attached hydrogens (tertiary/aromatic N) is 1. The van der Waals surface area contributed by atoms with Gasteiger partial charge in [-0.25, -0.2) is 0 Å². The van der Waals surface area contributed by atoms with Crippen LogP contribution in [-0.2, 0) is 0 Å². The van der Waals surface area contributed by atoms with Gasteiger partial charge in [-0.1, -0.05) is 19.8 Å². The first-order chi connectivity index (χ1) is 7.66. The lowest BCUT2D eigenvalue weighted by atomic mass is 9.84. The van der Waals surface area contributed by atoms with E-state index in [2.05, 4.69) is 11.8 Å². The van der Waals surface area contributed by atoms with Crippen molar-refractivity contribution in [3.05, 3.63) is 0 Å². The van der Waals surface area contributed by atoms with Gasteiger partial charge in [-0.05, 0) is 38.1 Å². The lowest BCUT2D eigenvalue weighted by Crippen LogP contribution is -2.47. The Morgan fingerprint density at radius 2 is 2.06 bits per heavy atom. The van der Waals surface area contributed by atoms with Crippen molar-refractivity contribution in [2.45, 2.75) is 51.5 Å². The Morgan fingerprint density at radius 3 is 2.75 bits per heavy atom. The molecule has 1 heterocycles. The van der Waals surface area contributed by atoms with Crippen molar-refractivity contribution in [1.82, 2.24) is 4.90 Å². The van der Waals surface area contributed by atoms with Crippen LogP contribution in [0.15, 0.2) is 0 Å². The Kier molecular flexibility index (Phi) is 3.85. The zero-order valence-corrected chi connectivity index (χ0v) is 10.4. The third-order valence-corrected chi connectivity index (χ3v) is 4.32. The Bertz CT molecular complexity index is 252. The van der Waals surface area contributed by atoms with Gasteiger partial charge in [0.2, 0.25) is 0 Å². The van der Waals surface area contributed by atoms with E-state index in [1.807, 2.05) is 0 Å². The van der Waals surface area contributed by atoms with E-state index in [-0.39, 0.29) is 0 Å². The zero-order valence-electron chi connectivity index (χ0n) is 10.4. The second-order valence-corrected chi connectivity index (χ2v) is 5.72. The number of nitrogens with two attached hydrogens (primary N) is 1. The van der Waals surface area contributed by atoms with Crippen molar-refractivity contribution in [3.8, 4) is 0 Å². The summed E-state index contributed by atoms with van der Waals surface area (Å²) in [6.07, 6.45) is 7.83. The molecule has 16 heavy (non-hydrogen) atoms. The molecule has 3 unspecified atom stereocenters. The van der Waals surface area contributed by atoms with Crippen LogP contribution in [0.4, 0.5) is 0 Å². The maximum Gasteiger partial charge on any atom is 0.0949 e. The average molecular weight is 223 g/mol. The highest BCUT2D eigenvalue weighted by atomic mass is 15.2. The second kappa shape index (κ2) is 5.17. The van der Waals surface area contributed by atoms with Gasteiger partial charge in [0.05, 0.1) is 5.84 Å². The maximum atomic E-state index is 7.58. The molecule has 1 saturated heterocycles. The molecular weight excluding hydrogens is 198 g/mol. The normalized spacial score (nSPS) is 37.2. The van der Waals surface area contributed by atoms with Crippen LogP contribution in [0.25, 0.3) is 0 Å². The van der Waals surface area contributed by atoms with Crippen LogP contribution in [0.3, 0.4) is 0 Å². The molecule has 0 aromatic carbocycles. The number of amidine groups is 1. The fourth-order valence-electron chi connectivity index (χ4n) is 3.33. The Morgan fingerprint density at radius 1 is 1.25 bits per heavy atom. The molecule has 3 heteroatoms. The molecule has 1 aliphatic carbocycles. The van der Waals surface area contributed by atoms with Gasteiger partial charge in [0.15, 0.2) is 0 Å². The van der Waals surface area contributed by atoms with E-state index in [0.717, 1.165) is 24.9 Å². The Hall–Kier alpha value is -0.570. The van der Waals surface area contributed by atoms with Crippen molar-refractivity contribution in [3.63, 3.8) is 0 Å². The summed E-state index contributed by atoms with van der Waals surface area (Å²) in [5.41, 5.74) is 5.64. The monoisotopic (exact) mass is 223 g/mol. The van der Waals surface area contributed by atoms with E-state index in [9.17, 15) is 0 Å². The van der Waals surface area contributed by atoms with E-state index in [4.69, 9.17) is 11.1 Å². The molecule has 2 fully saturated rings. The molecule has 0 radical (unpaired) electrons. The first-order valence-corrected chi connectivity index (χ1v) is 6.74. The van der Waals surface area contributed by atoms with Crippen LogP contribution in [-0.4, -0.2) is 29.9 Å². The lowest BCUT2D eigenvalue weighted by molar-refractivity contribution is 0.0999. The van der Waals surface area contributed by atoms with Crippen LogP contribution in [0.2, 0.25) is 0 Å². The van der Waals surface area contributed by atoms with E-state index in [0.29, 0.717) is 11.8 Å². The standard InChI is InChI=1S/C13H25N3/c1-10-4-2-6-12(8-10)16-7-3-5-11(9-16)13(14)15/h10-12H,2-9H2,1H3,(H3,14,15). The first-order valence-electron chi connectivity index (χ1n) is 6.74. The van der Waals surface area contributed by atoms with Crippen molar-refractivity contribution in [1.29, 1.82) is 5.41 Å². The highest BCUT2D eigenvalue weighted by Crippen LogP contribution is 2.30. The van der Waals surface area contributed by atoms with E-state index in [1.54, 1.807) is 0 Å². The van der Waals surface area contributed by atoms with Gasteiger partial charge in [-0.15, -0.1) is 0 Å². The minimum absolute atomic E-state index is 0.325. The molecule has 3 N–H and O–H groups in total. The summed E-state index contributed by atoms with van der Waals surface area (Å²) in [4.78, 5) is 2.60. The minimum atomic E-state index is 0.325. The number of hydrogen-bond donors (Lipinski definition) is 2. The highest BCUT2D eigenvalue weighted by Gasteiger charge is 2.29. The molecule has 3 nitrogen and oxygen atoms in total. The molecule has 0 amide bonds. The van der Waals surface area contributed by atoms with Gasteiger partial charge in [0.1, 0.15) is 0 Å². The third-order valence-electron chi connectivity index (χ3n) is 4.32. The van der Waals surface area contributed by atoms with Crippen LogP contribution >= 0.6 is 0 Å². The number of rotatable bonds is 2. The maximum absolute atomic E-state index is 7.58. The zero-order chi connectivity index (χ0) is 11.5. The van der Waals surface area contributed by atoms with Crippen LogP contribution in [0.1, 0.15) is 45.4 Å². The molecule has 92 valence electrons. The molecule has 0 aromatic heterocycles. The fourth-order valence-corrected chi connectivity index (χ4v) is 3.33. The van der Waals surface area contributed by atoms with Crippen molar-refractivity contribution >= 4 is 5.84 Å². The Balaban J connectivity index is 1.90. The molecule has 0 aromatic rings. The summed E-state index contributed by atoms with van der Waals surface area (Å²) >= 11 is 0. The first kappa shape index (κ1) is 11.9. The molecule has 1 aliphatic heterocycles. The van der Waals surface area contributed by atoms with Crippen molar-refractivity contribution in [2.75, 3.05) is 13.1 Å². The molecule has 2 aliphatic rings. The van der Waals surface area contributed by atoms with Gasteiger partial charge in [-0.2, -0.15) is 0 Å². The predicted molar refractivity (Wildman–Crippen MR) is 67.6 cm³/mol. The molecule has 3 atom stereocenters. The summed E-state index contributed by atoms with van der Waals surface area (Å²) in [6.45, 7) is 4.63. The average Bonchev–Trinajstić information content (AvgIpc) is 2.29. The number of likely N-dealkylation sites (tertiary alicyclic amines) is 1. The number of nitrogens with one attached hydrogen (secondary N) is 1. The largest absolute Gasteiger partial charge is 0.387 e. The number of hydrogen-bond acceptors (Lipinski definition) is 2. The summed E-state index contributed by atoms with van der Waals surface area (Å²) in [7, 11) is 0. The van der Waals surface area contributed by atoms with Crippen LogP contribution in [0, 0.1) is 17.2 Å². The molecule has 2 rings (SSSR count).